The highest BCUT2D eigenvalue weighted by atomic mass is 19.2. The lowest BCUT2D eigenvalue weighted by Gasteiger charge is -2.27. The lowest BCUT2D eigenvalue weighted by atomic mass is 9.78. The molecule has 2 fully saturated rings. The van der Waals surface area contributed by atoms with Crippen LogP contribution < -0.4 is 0 Å². The summed E-state index contributed by atoms with van der Waals surface area (Å²) >= 11 is 0. The summed E-state index contributed by atoms with van der Waals surface area (Å²) < 4.78 is 49.6. The number of ether oxygens (including phenoxy) is 1. The van der Waals surface area contributed by atoms with Crippen molar-refractivity contribution < 1.29 is 17.9 Å². The highest BCUT2D eigenvalue weighted by molar-refractivity contribution is 5.72. The molecule has 0 aromatic heterocycles. The van der Waals surface area contributed by atoms with Crippen LogP contribution in [0.1, 0.15) is 66.9 Å². The minimum Gasteiger partial charge on any atom is -0.368 e. The number of halogens is 3. The fourth-order valence-corrected chi connectivity index (χ4v) is 5.08. The van der Waals surface area contributed by atoms with Gasteiger partial charge in [0.2, 0.25) is 0 Å². The number of benzene rings is 3. The third-order valence-corrected chi connectivity index (χ3v) is 7.20. The normalized spacial score (nSPS) is 22.2. The Hall–Kier alpha value is -3.11. The SMILES string of the molecule is C/C=C/C1CCC(c2ccc(-c3ccc(/C=C/c4ccc(C5CO5)cc4F)cc3)c(F)c2F)CC1. The smallest absolute Gasteiger partial charge is 0.166 e. The molecule has 1 saturated heterocycles. The van der Waals surface area contributed by atoms with E-state index in [1.54, 1.807) is 42.5 Å². The van der Waals surface area contributed by atoms with Gasteiger partial charge < -0.3 is 4.74 Å². The fourth-order valence-electron chi connectivity index (χ4n) is 5.08. The third kappa shape index (κ3) is 5.28. The van der Waals surface area contributed by atoms with E-state index in [2.05, 4.69) is 12.2 Å². The Morgan fingerprint density at radius 1 is 0.829 bits per heavy atom. The molecule has 180 valence electrons. The van der Waals surface area contributed by atoms with E-state index in [-0.39, 0.29) is 23.4 Å². The van der Waals surface area contributed by atoms with Gasteiger partial charge in [-0.05, 0) is 72.8 Å². The van der Waals surface area contributed by atoms with Gasteiger partial charge >= 0.3 is 0 Å². The van der Waals surface area contributed by atoms with E-state index in [0.717, 1.165) is 36.8 Å². The predicted octanol–water partition coefficient (Wildman–Crippen LogP) is 8.86. The molecule has 0 radical (unpaired) electrons. The quantitative estimate of drug-likeness (QED) is 0.197. The van der Waals surface area contributed by atoms with Crippen molar-refractivity contribution in [1.29, 1.82) is 0 Å². The van der Waals surface area contributed by atoms with Crippen molar-refractivity contribution in [3.63, 3.8) is 0 Å². The maximum Gasteiger partial charge on any atom is 0.166 e. The van der Waals surface area contributed by atoms with Crippen LogP contribution in [0.2, 0.25) is 0 Å². The van der Waals surface area contributed by atoms with E-state index in [4.69, 9.17) is 4.74 Å². The van der Waals surface area contributed by atoms with Gasteiger partial charge in [0.15, 0.2) is 11.6 Å². The summed E-state index contributed by atoms with van der Waals surface area (Å²) in [4.78, 5) is 0. The maximum absolute atomic E-state index is 15.1. The molecule has 1 aliphatic carbocycles. The number of hydrogen-bond acceptors (Lipinski definition) is 1. The molecule has 0 N–H and O–H groups in total. The molecule has 0 amide bonds. The topological polar surface area (TPSA) is 12.5 Å². The van der Waals surface area contributed by atoms with Crippen LogP contribution >= 0.6 is 0 Å². The summed E-state index contributed by atoms with van der Waals surface area (Å²) in [6, 6.07) is 15.7. The first-order valence-corrected chi connectivity index (χ1v) is 12.3. The number of allylic oxidation sites excluding steroid dienone is 2. The summed E-state index contributed by atoms with van der Waals surface area (Å²) in [6.45, 7) is 2.66. The standard InChI is InChI=1S/C31H29F3O/c1-2-3-20-4-9-22(10-5-20)26-16-17-27(31(34)30(26)33)23-11-6-21(7-12-23)8-13-24-14-15-25(18-28(24)32)29-19-35-29/h2-3,6-8,11-18,20,22,29H,4-5,9-10,19H2,1H3/b3-2+,13-8+. The van der Waals surface area contributed by atoms with Crippen molar-refractivity contribution in [3.8, 4) is 11.1 Å². The maximum atomic E-state index is 15.1. The van der Waals surface area contributed by atoms with E-state index in [0.29, 0.717) is 29.2 Å². The van der Waals surface area contributed by atoms with Gasteiger partial charge in [-0.2, -0.15) is 0 Å². The van der Waals surface area contributed by atoms with Gasteiger partial charge in [-0.3, -0.25) is 0 Å². The Kier molecular flexibility index (Phi) is 6.92. The van der Waals surface area contributed by atoms with Crippen molar-refractivity contribution in [3.05, 3.63) is 106 Å². The lowest BCUT2D eigenvalue weighted by molar-refractivity contribution is 0.364. The highest BCUT2D eigenvalue weighted by Gasteiger charge is 2.26. The van der Waals surface area contributed by atoms with Crippen LogP contribution in [0.25, 0.3) is 23.3 Å². The van der Waals surface area contributed by atoms with E-state index in [1.807, 2.05) is 25.1 Å². The minimum atomic E-state index is -0.789. The molecule has 3 aromatic carbocycles. The second-order valence-corrected chi connectivity index (χ2v) is 9.53. The predicted molar refractivity (Wildman–Crippen MR) is 135 cm³/mol. The summed E-state index contributed by atoms with van der Waals surface area (Å²) in [5.74, 6) is -1.19. The Bertz CT molecular complexity index is 1250. The zero-order valence-corrected chi connectivity index (χ0v) is 19.8. The van der Waals surface area contributed by atoms with Crippen LogP contribution in [0.5, 0.6) is 0 Å². The lowest BCUT2D eigenvalue weighted by Crippen LogP contribution is -2.13. The summed E-state index contributed by atoms with van der Waals surface area (Å²) in [5, 5.41) is 0. The van der Waals surface area contributed by atoms with Gasteiger partial charge in [0.1, 0.15) is 11.9 Å². The molecule has 1 saturated carbocycles. The summed E-state index contributed by atoms with van der Waals surface area (Å²) in [7, 11) is 0. The number of hydrogen-bond donors (Lipinski definition) is 0. The first kappa shape index (κ1) is 23.6. The molecule has 5 rings (SSSR count). The first-order valence-electron chi connectivity index (χ1n) is 12.3. The molecular formula is C31H29F3O. The van der Waals surface area contributed by atoms with Crippen molar-refractivity contribution >= 4 is 12.2 Å². The molecule has 2 aliphatic rings. The molecule has 1 nitrogen and oxygen atoms in total. The fraction of sp³-hybridized carbons (Fsp3) is 0.290. The molecule has 0 bridgehead atoms. The van der Waals surface area contributed by atoms with Crippen LogP contribution in [-0.2, 0) is 4.74 Å². The van der Waals surface area contributed by atoms with E-state index in [1.165, 1.54) is 6.07 Å². The van der Waals surface area contributed by atoms with Crippen LogP contribution in [0.4, 0.5) is 13.2 Å². The van der Waals surface area contributed by atoms with E-state index < -0.39 is 11.6 Å². The van der Waals surface area contributed by atoms with Crippen molar-refractivity contribution in [2.24, 2.45) is 5.92 Å². The van der Waals surface area contributed by atoms with Crippen LogP contribution in [0, 0.1) is 23.4 Å². The Labute approximate surface area is 205 Å². The van der Waals surface area contributed by atoms with E-state index >= 15 is 8.78 Å². The van der Waals surface area contributed by atoms with Gasteiger partial charge in [0.05, 0.1) is 6.61 Å². The molecular weight excluding hydrogens is 445 g/mol. The Morgan fingerprint density at radius 2 is 1.57 bits per heavy atom. The highest BCUT2D eigenvalue weighted by Crippen LogP contribution is 2.39. The molecule has 35 heavy (non-hydrogen) atoms. The van der Waals surface area contributed by atoms with Crippen molar-refractivity contribution in [2.75, 3.05) is 6.61 Å². The average molecular weight is 475 g/mol. The zero-order valence-electron chi connectivity index (χ0n) is 19.8. The van der Waals surface area contributed by atoms with Gasteiger partial charge in [-0.1, -0.05) is 72.8 Å². The van der Waals surface area contributed by atoms with E-state index in [9.17, 15) is 4.39 Å². The molecule has 0 spiro atoms. The van der Waals surface area contributed by atoms with Crippen LogP contribution in [0.15, 0.2) is 66.7 Å². The van der Waals surface area contributed by atoms with Crippen LogP contribution in [0.3, 0.4) is 0 Å². The summed E-state index contributed by atoms with van der Waals surface area (Å²) in [6.07, 6.45) is 11.6. The molecule has 3 aromatic rings. The molecule has 1 unspecified atom stereocenters. The van der Waals surface area contributed by atoms with Gasteiger partial charge in [0.25, 0.3) is 0 Å². The number of rotatable bonds is 6. The minimum absolute atomic E-state index is 0.0209. The largest absolute Gasteiger partial charge is 0.368 e. The first-order chi connectivity index (χ1) is 17.0. The third-order valence-electron chi connectivity index (χ3n) is 7.20. The summed E-state index contributed by atoms with van der Waals surface area (Å²) in [5.41, 5.74) is 3.55. The molecule has 1 atom stereocenters. The molecule has 1 heterocycles. The second-order valence-electron chi connectivity index (χ2n) is 9.53. The van der Waals surface area contributed by atoms with Gasteiger partial charge in [-0.25, -0.2) is 13.2 Å². The molecule has 4 heteroatoms. The number of epoxide rings is 1. The monoisotopic (exact) mass is 474 g/mol. The average Bonchev–Trinajstić information content (AvgIpc) is 3.72. The Morgan fingerprint density at radius 3 is 2.23 bits per heavy atom. The zero-order chi connectivity index (χ0) is 24.4. The van der Waals surface area contributed by atoms with Crippen LogP contribution in [-0.4, -0.2) is 6.61 Å². The second kappa shape index (κ2) is 10.2. The van der Waals surface area contributed by atoms with Gasteiger partial charge in [-0.15, -0.1) is 0 Å². The molecule has 1 aliphatic heterocycles. The van der Waals surface area contributed by atoms with Crippen molar-refractivity contribution in [1.82, 2.24) is 0 Å². The van der Waals surface area contributed by atoms with Crippen molar-refractivity contribution in [2.45, 2.75) is 44.6 Å². The Balaban J connectivity index is 1.29. The van der Waals surface area contributed by atoms with Gasteiger partial charge in [0, 0.05) is 11.1 Å².